The number of aromatic nitrogens is 2. The quantitative estimate of drug-likeness (QED) is 0.411. The maximum absolute atomic E-state index is 14.5. The molecule has 2 aromatic heterocycles. The molecule has 0 aliphatic carbocycles. The van der Waals surface area contributed by atoms with Gasteiger partial charge in [0, 0.05) is 27.3 Å². The van der Waals surface area contributed by atoms with E-state index in [-0.39, 0.29) is 28.4 Å². The van der Waals surface area contributed by atoms with Crippen molar-refractivity contribution in [1.29, 1.82) is 0 Å². The third kappa shape index (κ3) is 3.86. The molecule has 6 nitrogen and oxygen atoms in total. The zero-order valence-electron chi connectivity index (χ0n) is 17.7. The molecule has 0 unspecified atom stereocenters. The van der Waals surface area contributed by atoms with E-state index >= 15 is 0 Å². The summed E-state index contributed by atoms with van der Waals surface area (Å²) in [6, 6.07) is 9.02. The van der Waals surface area contributed by atoms with Crippen LogP contribution in [0.15, 0.2) is 42.5 Å². The maximum atomic E-state index is 14.5. The third-order valence-electron chi connectivity index (χ3n) is 5.84. The summed E-state index contributed by atoms with van der Waals surface area (Å²) in [7, 11) is 0. The van der Waals surface area contributed by atoms with Crippen LogP contribution in [0.5, 0.6) is 0 Å². The van der Waals surface area contributed by atoms with Gasteiger partial charge >= 0.3 is 0 Å². The number of carbonyl (C=O) groups excluding carboxylic acids is 1. The zero-order chi connectivity index (χ0) is 24.0. The number of hydrogen-bond acceptors (Lipinski definition) is 4. The van der Waals surface area contributed by atoms with E-state index < -0.39 is 29.9 Å². The molecule has 0 bridgehead atoms. The highest BCUT2D eigenvalue weighted by molar-refractivity contribution is 6.31. The highest BCUT2D eigenvalue weighted by Gasteiger charge is 2.26. The van der Waals surface area contributed by atoms with Crippen molar-refractivity contribution in [2.75, 3.05) is 5.73 Å². The number of hydrogen-bond donors (Lipinski definition) is 2. The number of halogens is 4. The average Bonchev–Trinajstić information content (AvgIpc) is 3.44. The summed E-state index contributed by atoms with van der Waals surface area (Å²) in [5.41, 5.74) is 8.41. The van der Waals surface area contributed by atoms with E-state index in [1.807, 2.05) is 0 Å². The summed E-state index contributed by atoms with van der Waals surface area (Å²) in [5, 5.41) is 0.0906. The fourth-order valence-electron chi connectivity index (χ4n) is 4.07. The fourth-order valence-corrected chi connectivity index (χ4v) is 4.30. The number of nitrogens with zero attached hydrogens (tertiary/aromatic N) is 2. The van der Waals surface area contributed by atoms with Crippen molar-refractivity contribution >= 4 is 34.4 Å². The first-order chi connectivity index (χ1) is 16.3. The van der Waals surface area contributed by atoms with E-state index in [0.29, 0.717) is 30.1 Å². The van der Waals surface area contributed by atoms with Crippen molar-refractivity contribution < 1.29 is 22.7 Å². The van der Waals surface area contributed by atoms with Gasteiger partial charge in [-0.25, -0.2) is 18.2 Å². The van der Waals surface area contributed by atoms with Gasteiger partial charge in [-0.15, -0.1) is 0 Å². The van der Waals surface area contributed by atoms with Crippen LogP contribution in [0.1, 0.15) is 32.7 Å². The van der Waals surface area contributed by atoms with E-state index in [4.69, 9.17) is 22.1 Å². The SMILES string of the molecule is Nc1nc2cc(C(=O)N(Cc3c(F)cccc3F)Cc3c(F)cccc3Cl)[nH]c2c2c1COC2. The number of aromatic amines is 1. The van der Waals surface area contributed by atoms with Gasteiger partial charge in [0.05, 0.1) is 37.3 Å². The summed E-state index contributed by atoms with van der Waals surface area (Å²) >= 11 is 6.16. The first-order valence-corrected chi connectivity index (χ1v) is 10.7. The molecule has 0 fully saturated rings. The van der Waals surface area contributed by atoms with Gasteiger partial charge in [0.25, 0.3) is 5.91 Å². The van der Waals surface area contributed by atoms with Gasteiger partial charge in [0.2, 0.25) is 0 Å². The molecule has 2 aromatic carbocycles. The van der Waals surface area contributed by atoms with Crippen LogP contribution in [-0.4, -0.2) is 20.8 Å². The maximum Gasteiger partial charge on any atom is 0.270 e. The van der Waals surface area contributed by atoms with Crippen LogP contribution in [0.25, 0.3) is 11.0 Å². The number of nitrogens with two attached hydrogens (primary N) is 1. The number of benzene rings is 2. The number of pyridine rings is 1. The highest BCUT2D eigenvalue weighted by atomic mass is 35.5. The Morgan fingerprint density at radius 1 is 1.03 bits per heavy atom. The summed E-state index contributed by atoms with van der Waals surface area (Å²) in [6.07, 6.45) is 0. The Bertz CT molecular complexity index is 1350. The number of nitrogen functional groups attached to an aromatic ring is 1. The summed E-state index contributed by atoms with van der Waals surface area (Å²) in [4.78, 5) is 22.0. The molecule has 174 valence electrons. The van der Waals surface area contributed by atoms with Gasteiger partial charge in [-0.1, -0.05) is 23.7 Å². The summed E-state index contributed by atoms with van der Waals surface area (Å²) in [6.45, 7) is -0.142. The van der Waals surface area contributed by atoms with Crippen molar-refractivity contribution in [1.82, 2.24) is 14.9 Å². The number of carbonyl (C=O) groups is 1. The lowest BCUT2D eigenvalue weighted by atomic mass is 10.1. The molecule has 1 amide bonds. The number of fused-ring (bicyclic) bond motifs is 3. The van der Waals surface area contributed by atoms with Crippen molar-refractivity contribution in [2.24, 2.45) is 0 Å². The first-order valence-electron chi connectivity index (χ1n) is 10.4. The van der Waals surface area contributed by atoms with Crippen LogP contribution < -0.4 is 5.73 Å². The fraction of sp³-hybridized carbons (Fsp3) is 0.167. The van der Waals surface area contributed by atoms with Gasteiger partial charge < -0.3 is 20.4 Å². The van der Waals surface area contributed by atoms with Gasteiger partial charge in [0.1, 0.15) is 29.0 Å². The molecule has 0 atom stereocenters. The Kier molecular flexibility index (Phi) is 5.66. The Balaban J connectivity index is 1.57. The van der Waals surface area contributed by atoms with Crippen LogP contribution in [0, 0.1) is 17.5 Å². The summed E-state index contributed by atoms with van der Waals surface area (Å²) in [5.74, 6) is -2.59. The Hall–Kier alpha value is -3.56. The molecular weight excluding hydrogens is 469 g/mol. The lowest BCUT2D eigenvalue weighted by Gasteiger charge is -2.24. The first kappa shape index (κ1) is 22.2. The van der Waals surface area contributed by atoms with Gasteiger partial charge in [-0.2, -0.15) is 0 Å². The minimum atomic E-state index is -0.821. The molecule has 34 heavy (non-hydrogen) atoms. The van der Waals surface area contributed by atoms with Gasteiger partial charge in [-0.3, -0.25) is 4.79 Å². The van der Waals surface area contributed by atoms with E-state index in [2.05, 4.69) is 9.97 Å². The molecule has 0 saturated carbocycles. The molecule has 4 aromatic rings. The van der Waals surface area contributed by atoms with Crippen molar-refractivity contribution in [3.8, 4) is 0 Å². The molecular formula is C24H18ClF3N4O2. The number of ether oxygens (including phenoxy) is 1. The molecule has 3 N–H and O–H groups in total. The van der Waals surface area contributed by atoms with Crippen LogP contribution in [-0.2, 0) is 31.0 Å². The number of amides is 1. The van der Waals surface area contributed by atoms with Crippen molar-refractivity contribution in [3.63, 3.8) is 0 Å². The zero-order valence-corrected chi connectivity index (χ0v) is 18.4. The number of anilines is 1. The smallest absolute Gasteiger partial charge is 0.270 e. The van der Waals surface area contributed by atoms with E-state index in [9.17, 15) is 18.0 Å². The Labute approximate surface area is 197 Å². The minimum absolute atomic E-state index is 0.0297. The van der Waals surface area contributed by atoms with Gasteiger partial charge in [-0.05, 0) is 30.3 Å². The number of H-pyrrole nitrogens is 1. The molecule has 1 aliphatic rings. The predicted molar refractivity (Wildman–Crippen MR) is 120 cm³/mol. The van der Waals surface area contributed by atoms with Crippen LogP contribution in [0.3, 0.4) is 0 Å². The standard InChI is InChI=1S/C24H18ClF3N4O2/c25-16-3-1-4-17(26)12(16)8-32(9-13-18(27)5-2-6-19(13)28)24(33)21-7-20-22(30-21)14-10-34-11-15(14)23(29)31-20/h1-7,30H,8-11H2,(H2,29,31). The second-order valence-electron chi connectivity index (χ2n) is 7.95. The monoisotopic (exact) mass is 486 g/mol. The predicted octanol–water partition coefficient (Wildman–Crippen LogP) is 5.09. The topological polar surface area (TPSA) is 84.2 Å². The molecule has 3 heterocycles. The largest absolute Gasteiger partial charge is 0.383 e. The van der Waals surface area contributed by atoms with Crippen molar-refractivity contribution in [3.05, 3.63) is 92.9 Å². The molecule has 5 rings (SSSR count). The Morgan fingerprint density at radius 3 is 2.35 bits per heavy atom. The molecule has 0 radical (unpaired) electrons. The normalized spacial score (nSPS) is 12.8. The van der Waals surface area contributed by atoms with E-state index in [0.717, 1.165) is 28.2 Å². The van der Waals surface area contributed by atoms with Gasteiger partial charge in [0.15, 0.2) is 0 Å². The second-order valence-corrected chi connectivity index (χ2v) is 8.36. The lowest BCUT2D eigenvalue weighted by molar-refractivity contribution is 0.0720. The van der Waals surface area contributed by atoms with Crippen LogP contribution in [0.2, 0.25) is 5.02 Å². The molecule has 1 aliphatic heterocycles. The van der Waals surface area contributed by atoms with Crippen LogP contribution >= 0.6 is 11.6 Å². The minimum Gasteiger partial charge on any atom is -0.383 e. The van der Waals surface area contributed by atoms with Crippen LogP contribution in [0.4, 0.5) is 19.0 Å². The number of rotatable bonds is 5. The highest BCUT2D eigenvalue weighted by Crippen LogP contribution is 2.32. The summed E-state index contributed by atoms with van der Waals surface area (Å²) < 4.78 is 48.8. The third-order valence-corrected chi connectivity index (χ3v) is 6.20. The number of nitrogens with one attached hydrogen (secondary N) is 1. The molecule has 0 spiro atoms. The molecule has 0 saturated heterocycles. The van der Waals surface area contributed by atoms with E-state index in [1.165, 1.54) is 30.3 Å². The van der Waals surface area contributed by atoms with Crippen molar-refractivity contribution in [2.45, 2.75) is 26.3 Å². The molecule has 10 heteroatoms. The lowest BCUT2D eigenvalue weighted by Crippen LogP contribution is -2.31. The average molecular weight is 487 g/mol. The van der Waals surface area contributed by atoms with E-state index in [1.54, 1.807) is 0 Å². The second kappa shape index (κ2) is 8.66. The Morgan fingerprint density at radius 2 is 1.65 bits per heavy atom.